The van der Waals surface area contributed by atoms with E-state index >= 15 is 0 Å². The van der Waals surface area contributed by atoms with Crippen LogP contribution in [0.25, 0.3) is 10.8 Å². The van der Waals surface area contributed by atoms with Crippen LogP contribution in [0.2, 0.25) is 0 Å². The molecule has 0 unspecified atom stereocenters. The number of anilines is 1. The molecular weight excluding hydrogens is 354 g/mol. The van der Waals surface area contributed by atoms with Crippen LogP contribution in [-0.4, -0.2) is 68.2 Å². The van der Waals surface area contributed by atoms with E-state index in [2.05, 4.69) is 11.0 Å². The fourth-order valence-corrected chi connectivity index (χ4v) is 4.45. The van der Waals surface area contributed by atoms with Gasteiger partial charge < -0.3 is 19.4 Å². The summed E-state index contributed by atoms with van der Waals surface area (Å²) < 4.78 is 5.67. The predicted molar refractivity (Wildman–Crippen MR) is 110 cm³/mol. The Kier molecular flexibility index (Phi) is 4.65. The van der Waals surface area contributed by atoms with Crippen molar-refractivity contribution < 1.29 is 14.3 Å². The van der Waals surface area contributed by atoms with Crippen molar-refractivity contribution in [1.29, 1.82) is 0 Å². The van der Waals surface area contributed by atoms with Crippen molar-refractivity contribution in [2.24, 2.45) is 0 Å². The molecule has 4 rings (SSSR count). The molecule has 2 aliphatic rings. The van der Waals surface area contributed by atoms with Gasteiger partial charge in [0.05, 0.1) is 6.54 Å². The van der Waals surface area contributed by atoms with Crippen molar-refractivity contribution >= 4 is 28.5 Å². The first-order valence-corrected chi connectivity index (χ1v) is 9.83. The highest BCUT2D eigenvalue weighted by Gasteiger charge is 2.44. The molecule has 0 bridgehead atoms. The Labute approximate surface area is 165 Å². The third-order valence-electron chi connectivity index (χ3n) is 5.94. The van der Waals surface area contributed by atoms with E-state index in [4.69, 9.17) is 4.74 Å². The molecule has 0 saturated carbocycles. The topological polar surface area (TPSA) is 53.1 Å². The van der Waals surface area contributed by atoms with Crippen LogP contribution >= 0.6 is 0 Å². The number of likely N-dealkylation sites (tertiary alicyclic amines) is 1. The summed E-state index contributed by atoms with van der Waals surface area (Å²) in [5.74, 6) is 0.0521. The molecule has 2 amide bonds. The van der Waals surface area contributed by atoms with Gasteiger partial charge in [0.1, 0.15) is 5.60 Å². The Hall–Kier alpha value is -2.76. The van der Waals surface area contributed by atoms with Gasteiger partial charge in [0.25, 0.3) is 5.91 Å². The molecule has 2 aliphatic heterocycles. The SMILES string of the molecule is CN1C[C@]2(CCCN(C(=O)c3ccc(N(C)C)c4ccccc34)CC2)OC1=O. The summed E-state index contributed by atoms with van der Waals surface area (Å²) in [7, 11) is 5.79. The van der Waals surface area contributed by atoms with Gasteiger partial charge in [-0.3, -0.25) is 4.79 Å². The number of likely N-dealkylation sites (N-methyl/N-ethyl adjacent to an activating group) is 1. The van der Waals surface area contributed by atoms with E-state index in [0.717, 1.165) is 34.9 Å². The van der Waals surface area contributed by atoms with Crippen LogP contribution in [0, 0.1) is 0 Å². The lowest BCUT2D eigenvalue weighted by Crippen LogP contribution is -2.36. The monoisotopic (exact) mass is 381 g/mol. The number of hydrogen-bond acceptors (Lipinski definition) is 4. The minimum atomic E-state index is -0.447. The molecule has 148 valence electrons. The molecule has 1 atom stereocenters. The zero-order valence-electron chi connectivity index (χ0n) is 16.8. The minimum Gasteiger partial charge on any atom is -0.441 e. The van der Waals surface area contributed by atoms with Gasteiger partial charge >= 0.3 is 6.09 Å². The molecule has 2 aromatic carbocycles. The quantitative estimate of drug-likeness (QED) is 0.801. The highest BCUT2D eigenvalue weighted by molar-refractivity contribution is 6.10. The Morgan fingerprint density at radius 2 is 1.82 bits per heavy atom. The van der Waals surface area contributed by atoms with E-state index in [1.165, 1.54) is 0 Å². The van der Waals surface area contributed by atoms with Crippen LogP contribution < -0.4 is 4.90 Å². The number of fused-ring (bicyclic) bond motifs is 1. The molecule has 0 N–H and O–H groups in total. The number of carbonyl (C=O) groups excluding carboxylic acids is 2. The van der Waals surface area contributed by atoms with Crippen LogP contribution in [0.1, 0.15) is 29.6 Å². The summed E-state index contributed by atoms with van der Waals surface area (Å²) in [5.41, 5.74) is 1.39. The maximum absolute atomic E-state index is 13.4. The highest BCUT2D eigenvalue weighted by Crippen LogP contribution is 2.34. The molecule has 0 aliphatic carbocycles. The molecular formula is C22H27N3O3. The van der Waals surface area contributed by atoms with E-state index in [1.54, 1.807) is 11.9 Å². The van der Waals surface area contributed by atoms with Crippen molar-refractivity contribution in [3.63, 3.8) is 0 Å². The molecule has 2 aromatic rings. The molecule has 2 heterocycles. The number of amides is 2. The van der Waals surface area contributed by atoms with E-state index < -0.39 is 5.60 Å². The lowest BCUT2D eigenvalue weighted by molar-refractivity contribution is 0.0439. The Morgan fingerprint density at radius 1 is 1.07 bits per heavy atom. The second kappa shape index (κ2) is 7.00. The molecule has 28 heavy (non-hydrogen) atoms. The molecule has 2 fully saturated rings. The Bertz CT molecular complexity index is 926. The van der Waals surface area contributed by atoms with Gasteiger partial charge in [-0.15, -0.1) is 0 Å². The average molecular weight is 381 g/mol. The van der Waals surface area contributed by atoms with Crippen LogP contribution in [0.15, 0.2) is 36.4 Å². The van der Waals surface area contributed by atoms with Gasteiger partial charge in [-0.1, -0.05) is 24.3 Å². The van der Waals surface area contributed by atoms with E-state index in [-0.39, 0.29) is 12.0 Å². The van der Waals surface area contributed by atoms with Gasteiger partial charge in [0, 0.05) is 57.3 Å². The van der Waals surface area contributed by atoms with Gasteiger partial charge in [-0.05, 0) is 30.4 Å². The molecule has 6 heteroatoms. The first kappa shape index (κ1) is 18.6. The van der Waals surface area contributed by atoms with Gasteiger partial charge in [-0.25, -0.2) is 4.79 Å². The van der Waals surface area contributed by atoms with E-state index in [0.29, 0.717) is 26.1 Å². The van der Waals surface area contributed by atoms with Crippen LogP contribution in [0.3, 0.4) is 0 Å². The number of benzene rings is 2. The fraction of sp³-hybridized carbons (Fsp3) is 0.455. The first-order chi connectivity index (χ1) is 13.4. The molecule has 2 saturated heterocycles. The highest BCUT2D eigenvalue weighted by atomic mass is 16.6. The zero-order chi connectivity index (χ0) is 19.9. The fourth-order valence-electron chi connectivity index (χ4n) is 4.45. The smallest absolute Gasteiger partial charge is 0.410 e. The number of rotatable bonds is 2. The number of carbonyl (C=O) groups is 2. The second-order valence-electron chi connectivity index (χ2n) is 8.13. The number of ether oxygens (including phenoxy) is 1. The predicted octanol–water partition coefficient (Wildman–Crippen LogP) is 3.35. The van der Waals surface area contributed by atoms with Crippen LogP contribution in [0.5, 0.6) is 0 Å². The zero-order valence-corrected chi connectivity index (χ0v) is 16.8. The lowest BCUT2D eigenvalue weighted by atomic mass is 9.95. The Morgan fingerprint density at radius 3 is 2.50 bits per heavy atom. The third-order valence-corrected chi connectivity index (χ3v) is 5.94. The summed E-state index contributed by atoms with van der Waals surface area (Å²) in [6.07, 6.45) is 2.06. The van der Waals surface area contributed by atoms with E-state index in [1.807, 2.05) is 49.3 Å². The van der Waals surface area contributed by atoms with Crippen molar-refractivity contribution in [2.45, 2.75) is 24.9 Å². The lowest BCUT2D eigenvalue weighted by Gasteiger charge is -2.26. The molecule has 0 radical (unpaired) electrons. The second-order valence-corrected chi connectivity index (χ2v) is 8.13. The third kappa shape index (κ3) is 3.17. The molecule has 1 spiro atoms. The summed E-state index contributed by atoms with van der Waals surface area (Å²) in [5, 5.41) is 2.06. The van der Waals surface area contributed by atoms with Gasteiger partial charge in [0.15, 0.2) is 0 Å². The minimum absolute atomic E-state index is 0.0521. The largest absolute Gasteiger partial charge is 0.441 e. The summed E-state index contributed by atoms with van der Waals surface area (Å²) in [6.45, 7) is 1.89. The Balaban J connectivity index is 1.60. The average Bonchev–Trinajstić information content (AvgIpc) is 2.83. The number of nitrogens with zero attached hydrogens (tertiary/aromatic N) is 3. The van der Waals surface area contributed by atoms with Gasteiger partial charge in [-0.2, -0.15) is 0 Å². The summed E-state index contributed by atoms with van der Waals surface area (Å²) in [6, 6.07) is 12.0. The van der Waals surface area contributed by atoms with Crippen molar-refractivity contribution in [3.05, 3.63) is 42.0 Å². The van der Waals surface area contributed by atoms with Crippen molar-refractivity contribution in [1.82, 2.24) is 9.80 Å². The first-order valence-electron chi connectivity index (χ1n) is 9.83. The maximum atomic E-state index is 13.4. The standard InChI is InChI=1S/C22H27N3O3/c1-23(2)19-10-9-18(16-7-4-5-8-17(16)19)20(26)25-13-6-11-22(12-14-25)15-24(3)21(27)28-22/h4-5,7-10H,6,11-15H2,1-3H3/t22-/m1/s1. The maximum Gasteiger partial charge on any atom is 0.410 e. The van der Waals surface area contributed by atoms with Crippen LogP contribution in [-0.2, 0) is 4.74 Å². The van der Waals surface area contributed by atoms with E-state index in [9.17, 15) is 9.59 Å². The summed E-state index contributed by atoms with van der Waals surface area (Å²) >= 11 is 0. The number of hydrogen-bond donors (Lipinski definition) is 0. The molecule has 6 nitrogen and oxygen atoms in total. The summed E-state index contributed by atoms with van der Waals surface area (Å²) in [4.78, 5) is 30.8. The molecule has 0 aromatic heterocycles. The van der Waals surface area contributed by atoms with Gasteiger partial charge in [0.2, 0.25) is 0 Å². The van der Waals surface area contributed by atoms with Crippen molar-refractivity contribution in [3.8, 4) is 0 Å². The van der Waals surface area contributed by atoms with Crippen molar-refractivity contribution in [2.75, 3.05) is 45.7 Å². The normalized spacial score (nSPS) is 22.5. The van der Waals surface area contributed by atoms with Crippen LogP contribution in [0.4, 0.5) is 10.5 Å².